The zero-order valence-electron chi connectivity index (χ0n) is 18.1. The second-order valence-corrected chi connectivity index (χ2v) is 10.8. The van der Waals surface area contributed by atoms with Gasteiger partial charge in [-0.3, -0.25) is 4.40 Å². The van der Waals surface area contributed by atoms with Gasteiger partial charge in [-0.2, -0.15) is 0 Å². The molecule has 5 nitrogen and oxygen atoms in total. The third kappa shape index (κ3) is 3.50. The van der Waals surface area contributed by atoms with Gasteiger partial charge >= 0.3 is 0 Å². The summed E-state index contributed by atoms with van der Waals surface area (Å²) in [5.74, 6) is 1.69. The van der Waals surface area contributed by atoms with E-state index in [0.29, 0.717) is 5.92 Å². The van der Waals surface area contributed by atoms with Gasteiger partial charge in [-0.05, 0) is 55.6 Å². The fourth-order valence-electron chi connectivity index (χ4n) is 4.55. The van der Waals surface area contributed by atoms with Gasteiger partial charge in [0, 0.05) is 16.8 Å². The van der Waals surface area contributed by atoms with Gasteiger partial charge in [-0.1, -0.05) is 45.4 Å². The van der Waals surface area contributed by atoms with Gasteiger partial charge in [0.05, 0.1) is 5.52 Å². The van der Waals surface area contributed by atoms with E-state index in [1.165, 1.54) is 54.3 Å². The Kier molecular flexibility index (Phi) is 5.67. The molecule has 0 aliphatic heterocycles. The molecule has 0 bridgehead atoms. The van der Waals surface area contributed by atoms with Gasteiger partial charge in [0.2, 0.25) is 0 Å². The molecule has 0 saturated heterocycles. The van der Waals surface area contributed by atoms with Crippen LogP contribution in [0.25, 0.3) is 26.1 Å². The van der Waals surface area contributed by atoms with Crippen LogP contribution in [0.3, 0.4) is 0 Å². The molecule has 0 unspecified atom stereocenters. The fourth-order valence-corrected chi connectivity index (χ4v) is 6.60. The summed E-state index contributed by atoms with van der Waals surface area (Å²) < 4.78 is 3.19. The molecular weight excluding hydrogens is 410 g/mol. The summed E-state index contributed by atoms with van der Waals surface area (Å²) in [7, 11) is 0. The Morgan fingerprint density at radius 2 is 1.97 bits per heavy atom. The molecule has 4 heterocycles. The highest BCUT2D eigenvalue weighted by molar-refractivity contribution is 7.99. The summed E-state index contributed by atoms with van der Waals surface area (Å²) in [4.78, 5) is 11.2. The highest BCUT2D eigenvalue weighted by Crippen LogP contribution is 2.40. The molecule has 4 aromatic heterocycles. The van der Waals surface area contributed by atoms with E-state index in [4.69, 9.17) is 9.97 Å². The Morgan fingerprint density at radius 1 is 1.13 bits per heavy atom. The molecule has 0 fully saturated rings. The lowest BCUT2D eigenvalue weighted by Crippen LogP contribution is -2.11. The van der Waals surface area contributed by atoms with Crippen LogP contribution < -0.4 is 0 Å². The van der Waals surface area contributed by atoms with Crippen LogP contribution >= 0.6 is 23.1 Å². The molecule has 0 atom stereocenters. The minimum absolute atomic E-state index is 0.615. The molecule has 0 saturated carbocycles. The molecule has 0 amide bonds. The largest absolute Gasteiger partial charge is 0.259 e. The van der Waals surface area contributed by atoms with E-state index in [0.717, 1.165) is 50.9 Å². The number of pyridine rings is 1. The van der Waals surface area contributed by atoms with Crippen molar-refractivity contribution >= 4 is 49.2 Å². The maximum atomic E-state index is 5.17. The van der Waals surface area contributed by atoms with Crippen molar-refractivity contribution in [1.82, 2.24) is 24.6 Å². The number of nitrogens with zero attached hydrogens (tertiary/aromatic N) is 5. The molecule has 7 heteroatoms. The van der Waals surface area contributed by atoms with Crippen LogP contribution in [0.2, 0.25) is 0 Å². The Bertz CT molecular complexity index is 1210. The van der Waals surface area contributed by atoms with Crippen molar-refractivity contribution in [1.29, 1.82) is 0 Å². The van der Waals surface area contributed by atoms with Crippen LogP contribution in [-0.2, 0) is 19.3 Å². The van der Waals surface area contributed by atoms with Gasteiger partial charge in [0.1, 0.15) is 15.9 Å². The SMILES string of the molecule is CCCCCSc1nnc2c3sc4nc(CC(C)C)c5c(c4c3ncn12)CCCC5. The molecule has 158 valence electrons. The van der Waals surface area contributed by atoms with E-state index in [1.807, 2.05) is 6.33 Å². The summed E-state index contributed by atoms with van der Waals surface area (Å²) >= 11 is 3.53. The number of unbranched alkanes of at least 4 members (excludes halogenated alkanes) is 2. The molecule has 4 aromatic rings. The van der Waals surface area contributed by atoms with Crippen molar-refractivity contribution in [3.8, 4) is 0 Å². The number of hydrogen-bond acceptors (Lipinski definition) is 6. The number of hydrogen-bond donors (Lipinski definition) is 0. The highest BCUT2D eigenvalue weighted by Gasteiger charge is 2.24. The summed E-state index contributed by atoms with van der Waals surface area (Å²) in [5.41, 5.74) is 6.30. The van der Waals surface area contributed by atoms with Crippen molar-refractivity contribution in [3.05, 3.63) is 23.1 Å². The molecule has 0 aromatic carbocycles. The second kappa shape index (κ2) is 8.42. The lowest BCUT2D eigenvalue weighted by atomic mass is 9.87. The van der Waals surface area contributed by atoms with Crippen LogP contribution in [-0.4, -0.2) is 30.3 Å². The number of thioether (sulfide) groups is 1. The van der Waals surface area contributed by atoms with Crippen LogP contribution in [0.5, 0.6) is 0 Å². The van der Waals surface area contributed by atoms with Gasteiger partial charge in [-0.25, -0.2) is 9.97 Å². The lowest BCUT2D eigenvalue weighted by molar-refractivity contribution is 0.615. The molecule has 5 rings (SSSR count). The summed E-state index contributed by atoms with van der Waals surface area (Å²) in [6.45, 7) is 6.80. The van der Waals surface area contributed by atoms with Gasteiger partial charge in [0.15, 0.2) is 10.8 Å². The van der Waals surface area contributed by atoms with E-state index >= 15 is 0 Å². The third-order valence-corrected chi connectivity index (χ3v) is 8.07. The minimum Gasteiger partial charge on any atom is -0.259 e. The summed E-state index contributed by atoms with van der Waals surface area (Å²) in [6.07, 6.45) is 11.5. The topological polar surface area (TPSA) is 56.0 Å². The second-order valence-electron chi connectivity index (χ2n) is 8.76. The summed E-state index contributed by atoms with van der Waals surface area (Å²) in [5, 5.41) is 11.3. The zero-order chi connectivity index (χ0) is 20.7. The fraction of sp³-hybridized carbons (Fsp3) is 0.565. The van der Waals surface area contributed by atoms with Crippen molar-refractivity contribution in [2.24, 2.45) is 5.92 Å². The Morgan fingerprint density at radius 3 is 2.77 bits per heavy atom. The predicted molar refractivity (Wildman–Crippen MR) is 127 cm³/mol. The van der Waals surface area contributed by atoms with E-state index in [9.17, 15) is 0 Å². The Labute approximate surface area is 185 Å². The number of aryl methyl sites for hydroxylation is 1. The highest BCUT2D eigenvalue weighted by atomic mass is 32.2. The normalized spacial score (nSPS) is 14.4. The third-order valence-electron chi connectivity index (χ3n) is 5.97. The van der Waals surface area contributed by atoms with E-state index < -0.39 is 0 Å². The molecule has 1 aliphatic carbocycles. The van der Waals surface area contributed by atoms with E-state index in [2.05, 4.69) is 35.4 Å². The van der Waals surface area contributed by atoms with Crippen LogP contribution in [0, 0.1) is 5.92 Å². The molecule has 30 heavy (non-hydrogen) atoms. The average Bonchev–Trinajstić information content (AvgIpc) is 3.32. The Hall–Kier alpha value is -1.73. The summed E-state index contributed by atoms with van der Waals surface area (Å²) in [6, 6.07) is 0. The van der Waals surface area contributed by atoms with Crippen molar-refractivity contribution in [3.63, 3.8) is 0 Å². The first-order valence-corrected chi connectivity index (χ1v) is 13.1. The molecule has 0 radical (unpaired) electrons. The lowest BCUT2D eigenvalue weighted by Gasteiger charge is -2.20. The van der Waals surface area contributed by atoms with E-state index in [1.54, 1.807) is 23.1 Å². The number of fused-ring (bicyclic) bond motifs is 7. The molecule has 0 spiro atoms. The molecule has 1 aliphatic rings. The molecule has 0 N–H and O–H groups in total. The number of aromatic nitrogens is 5. The van der Waals surface area contributed by atoms with Crippen molar-refractivity contribution < 1.29 is 0 Å². The van der Waals surface area contributed by atoms with Gasteiger partial charge < -0.3 is 0 Å². The standard InChI is InChI=1S/C23H29N5S2/c1-4-5-8-11-29-23-27-26-21-20-19(24-13-28(21)23)18-16-10-7-6-9-15(16)17(12-14(2)3)25-22(18)30-20/h13-14H,4-12H2,1-3H3. The minimum atomic E-state index is 0.615. The van der Waals surface area contributed by atoms with Gasteiger partial charge in [-0.15, -0.1) is 21.5 Å². The van der Waals surface area contributed by atoms with E-state index in [-0.39, 0.29) is 0 Å². The first-order chi connectivity index (χ1) is 14.7. The number of thiophene rings is 1. The monoisotopic (exact) mass is 439 g/mol. The quantitative estimate of drug-likeness (QED) is 0.252. The number of rotatable bonds is 7. The molecular formula is C23H29N5S2. The van der Waals surface area contributed by atoms with Crippen LogP contribution in [0.1, 0.15) is 69.7 Å². The first-order valence-electron chi connectivity index (χ1n) is 11.3. The van der Waals surface area contributed by atoms with Crippen LogP contribution in [0.15, 0.2) is 11.5 Å². The van der Waals surface area contributed by atoms with Crippen LogP contribution in [0.4, 0.5) is 0 Å². The van der Waals surface area contributed by atoms with Crippen molar-refractivity contribution in [2.75, 3.05) is 5.75 Å². The maximum Gasteiger partial charge on any atom is 0.196 e. The Balaban J connectivity index is 1.65. The zero-order valence-corrected chi connectivity index (χ0v) is 19.7. The smallest absolute Gasteiger partial charge is 0.196 e. The van der Waals surface area contributed by atoms with Crippen molar-refractivity contribution in [2.45, 2.75) is 77.3 Å². The maximum absolute atomic E-state index is 5.17. The van der Waals surface area contributed by atoms with Gasteiger partial charge in [0.25, 0.3) is 0 Å². The average molecular weight is 440 g/mol. The predicted octanol–water partition coefficient (Wildman–Crippen LogP) is 6.25. The first kappa shape index (κ1) is 20.2.